The third kappa shape index (κ3) is 3.32. The van der Waals surface area contributed by atoms with Crippen molar-refractivity contribution >= 4 is 21.9 Å². The summed E-state index contributed by atoms with van der Waals surface area (Å²) in [6, 6.07) is 7.36. The molecule has 0 amide bonds. The Labute approximate surface area is 106 Å². The van der Waals surface area contributed by atoms with E-state index in [0.717, 1.165) is 4.47 Å². The maximum atomic E-state index is 10.5. The summed E-state index contributed by atoms with van der Waals surface area (Å²) in [5.41, 5.74) is 0. The van der Waals surface area contributed by atoms with E-state index in [2.05, 4.69) is 21.0 Å². The van der Waals surface area contributed by atoms with E-state index in [-0.39, 0.29) is 6.54 Å². The van der Waals surface area contributed by atoms with Crippen molar-refractivity contribution < 1.29 is 14.6 Å². The van der Waals surface area contributed by atoms with Crippen molar-refractivity contribution in [3.05, 3.63) is 41.1 Å². The van der Waals surface area contributed by atoms with Crippen LogP contribution >= 0.6 is 15.9 Å². The van der Waals surface area contributed by atoms with Crippen molar-refractivity contribution in [2.24, 2.45) is 0 Å². The van der Waals surface area contributed by atoms with Gasteiger partial charge in [-0.15, -0.1) is 0 Å². The Bertz CT molecular complexity index is 539. The average Bonchev–Trinajstić information content (AvgIpc) is 2.64. The van der Waals surface area contributed by atoms with Crippen molar-refractivity contribution in [1.82, 2.24) is 9.78 Å². The minimum Gasteiger partial charge on any atom is -0.480 e. The molecule has 0 spiro atoms. The number of benzene rings is 1. The SMILES string of the molecule is O=C(O)Cn1cc(Oc2cccc(Br)c2)cn1. The summed E-state index contributed by atoms with van der Waals surface area (Å²) in [6.45, 7) is -0.179. The van der Waals surface area contributed by atoms with Gasteiger partial charge in [0.15, 0.2) is 5.75 Å². The van der Waals surface area contributed by atoms with Crippen LogP contribution in [0.25, 0.3) is 0 Å². The number of nitrogens with zero attached hydrogens (tertiary/aromatic N) is 2. The Morgan fingerprint density at radius 1 is 1.47 bits per heavy atom. The summed E-state index contributed by atoms with van der Waals surface area (Å²) in [6.07, 6.45) is 3.01. The largest absolute Gasteiger partial charge is 0.480 e. The second kappa shape index (κ2) is 5.01. The standard InChI is InChI=1S/C11H9BrN2O3/c12-8-2-1-3-9(4-8)17-10-5-13-14(6-10)7-11(15)16/h1-6H,7H2,(H,15,16). The third-order valence-corrected chi connectivity index (χ3v) is 2.43. The first-order valence-electron chi connectivity index (χ1n) is 4.81. The number of carbonyl (C=O) groups is 1. The summed E-state index contributed by atoms with van der Waals surface area (Å²) in [5.74, 6) is 0.223. The van der Waals surface area contributed by atoms with Crippen molar-refractivity contribution in [2.45, 2.75) is 6.54 Å². The summed E-state index contributed by atoms with van der Waals surface area (Å²) in [4.78, 5) is 10.5. The average molecular weight is 297 g/mol. The first-order valence-corrected chi connectivity index (χ1v) is 5.60. The molecule has 1 aromatic heterocycles. The zero-order chi connectivity index (χ0) is 12.3. The van der Waals surface area contributed by atoms with Crippen molar-refractivity contribution in [1.29, 1.82) is 0 Å². The first-order chi connectivity index (χ1) is 8.13. The minimum absolute atomic E-state index is 0.179. The molecule has 0 unspecified atom stereocenters. The molecule has 0 aliphatic rings. The maximum absolute atomic E-state index is 10.5. The molecule has 17 heavy (non-hydrogen) atoms. The quantitative estimate of drug-likeness (QED) is 0.941. The van der Waals surface area contributed by atoms with Gasteiger partial charge in [-0.1, -0.05) is 22.0 Å². The highest BCUT2D eigenvalue weighted by atomic mass is 79.9. The van der Waals surface area contributed by atoms with E-state index >= 15 is 0 Å². The highest BCUT2D eigenvalue weighted by Crippen LogP contribution is 2.23. The second-order valence-corrected chi connectivity index (χ2v) is 4.24. The number of rotatable bonds is 4. The van der Waals surface area contributed by atoms with Crippen LogP contribution in [0.5, 0.6) is 11.5 Å². The lowest BCUT2D eigenvalue weighted by molar-refractivity contribution is -0.137. The van der Waals surface area contributed by atoms with E-state index in [1.807, 2.05) is 18.2 Å². The van der Waals surface area contributed by atoms with Gasteiger partial charge in [0.2, 0.25) is 0 Å². The molecule has 5 nitrogen and oxygen atoms in total. The van der Waals surface area contributed by atoms with Crippen molar-refractivity contribution in [3.63, 3.8) is 0 Å². The van der Waals surface area contributed by atoms with Crippen LogP contribution in [-0.4, -0.2) is 20.9 Å². The molecule has 1 aromatic carbocycles. The Balaban J connectivity index is 2.08. The van der Waals surface area contributed by atoms with E-state index in [4.69, 9.17) is 9.84 Å². The molecule has 88 valence electrons. The Morgan fingerprint density at radius 3 is 3.00 bits per heavy atom. The normalized spacial score (nSPS) is 10.2. The molecule has 6 heteroatoms. The molecular formula is C11H9BrN2O3. The molecule has 0 aliphatic heterocycles. The zero-order valence-electron chi connectivity index (χ0n) is 8.71. The van der Waals surface area contributed by atoms with Crippen molar-refractivity contribution in [3.8, 4) is 11.5 Å². The molecule has 0 radical (unpaired) electrons. The molecule has 2 rings (SSSR count). The van der Waals surface area contributed by atoms with Crippen LogP contribution < -0.4 is 4.74 Å². The van der Waals surface area contributed by atoms with E-state index in [1.54, 1.807) is 6.07 Å². The van der Waals surface area contributed by atoms with E-state index in [1.165, 1.54) is 17.1 Å². The van der Waals surface area contributed by atoms with Crippen molar-refractivity contribution in [2.75, 3.05) is 0 Å². The first kappa shape index (κ1) is 11.7. The fourth-order valence-corrected chi connectivity index (χ4v) is 1.67. The smallest absolute Gasteiger partial charge is 0.325 e. The summed E-state index contributed by atoms with van der Waals surface area (Å²) >= 11 is 3.33. The fourth-order valence-electron chi connectivity index (χ4n) is 1.29. The van der Waals surface area contributed by atoms with Crippen LogP contribution in [0.4, 0.5) is 0 Å². The molecule has 0 bridgehead atoms. The van der Waals surface area contributed by atoms with Gasteiger partial charge in [-0.3, -0.25) is 9.48 Å². The predicted octanol–water partition coefficient (Wildman–Crippen LogP) is 2.52. The summed E-state index contributed by atoms with van der Waals surface area (Å²) in [7, 11) is 0. The molecular weight excluding hydrogens is 288 g/mol. The molecule has 0 saturated carbocycles. The molecule has 0 aliphatic carbocycles. The Morgan fingerprint density at radius 2 is 2.29 bits per heavy atom. The van der Waals surface area contributed by atoms with E-state index in [0.29, 0.717) is 11.5 Å². The topological polar surface area (TPSA) is 64.3 Å². The lowest BCUT2D eigenvalue weighted by Gasteiger charge is -2.02. The lowest BCUT2D eigenvalue weighted by atomic mass is 10.3. The monoisotopic (exact) mass is 296 g/mol. The number of halogens is 1. The molecule has 2 aromatic rings. The Hall–Kier alpha value is -1.82. The summed E-state index contributed by atoms with van der Waals surface area (Å²) < 4.78 is 7.73. The highest BCUT2D eigenvalue weighted by molar-refractivity contribution is 9.10. The molecule has 1 heterocycles. The van der Waals surface area contributed by atoms with Gasteiger partial charge in [0, 0.05) is 4.47 Å². The summed E-state index contributed by atoms with van der Waals surface area (Å²) in [5, 5.41) is 12.5. The van der Waals surface area contributed by atoms with Crippen LogP contribution in [0, 0.1) is 0 Å². The van der Waals surface area contributed by atoms with Gasteiger partial charge < -0.3 is 9.84 Å². The number of hydrogen-bond donors (Lipinski definition) is 1. The van der Waals surface area contributed by atoms with Gasteiger partial charge in [-0.05, 0) is 18.2 Å². The third-order valence-electron chi connectivity index (χ3n) is 1.94. The maximum Gasteiger partial charge on any atom is 0.325 e. The van der Waals surface area contributed by atoms with Gasteiger partial charge in [-0.25, -0.2) is 0 Å². The van der Waals surface area contributed by atoms with Gasteiger partial charge in [0.1, 0.15) is 12.3 Å². The predicted molar refractivity (Wildman–Crippen MR) is 64.1 cm³/mol. The number of hydrogen-bond acceptors (Lipinski definition) is 3. The Kier molecular flexibility index (Phi) is 3.43. The molecule has 0 saturated heterocycles. The van der Waals surface area contributed by atoms with Crippen LogP contribution in [0.1, 0.15) is 0 Å². The fraction of sp³-hybridized carbons (Fsp3) is 0.0909. The molecule has 0 atom stereocenters. The highest BCUT2D eigenvalue weighted by Gasteiger charge is 2.04. The number of aliphatic carboxylic acids is 1. The molecule has 1 N–H and O–H groups in total. The van der Waals surface area contributed by atoms with E-state index in [9.17, 15) is 4.79 Å². The number of carboxylic acid groups (broad SMARTS) is 1. The zero-order valence-corrected chi connectivity index (χ0v) is 10.3. The van der Waals surface area contributed by atoms with Gasteiger partial charge >= 0.3 is 5.97 Å². The van der Waals surface area contributed by atoms with Gasteiger partial charge in [0.05, 0.1) is 12.4 Å². The number of ether oxygens (including phenoxy) is 1. The van der Waals surface area contributed by atoms with Crippen LogP contribution in [0.15, 0.2) is 41.1 Å². The van der Waals surface area contributed by atoms with E-state index < -0.39 is 5.97 Å². The molecule has 0 fully saturated rings. The number of carboxylic acids is 1. The number of aromatic nitrogens is 2. The van der Waals surface area contributed by atoms with Gasteiger partial charge in [0.25, 0.3) is 0 Å². The minimum atomic E-state index is -0.942. The van der Waals surface area contributed by atoms with Gasteiger partial charge in [-0.2, -0.15) is 5.10 Å². The van der Waals surface area contributed by atoms with Crippen LogP contribution in [-0.2, 0) is 11.3 Å². The second-order valence-electron chi connectivity index (χ2n) is 3.33. The lowest BCUT2D eigenvalue weighted by Crippen LogP contribution is -2.08. The van der Waals surface area contributed by atoms with Crippen LogP contribution in [0.2, 0.25) is 0 Å². The van der Waals surface area contributed by atoms with Crippen LogP contribution in [0.3, 0.4) is 0 Å².